The predicted molar refractivity (Wildman–Crippen MR) is 177 cm³/mol. The van der Waals surface area contributed by atoms with E-state index in [1.165, 1.54) is 55.2 Å². The maximum Gasteiger partial charge on any atom is 0.161 e. The molecule has 5 aromatic carbocycles. The maximum absolute atomic E-state index is 5.44. The van der Waals surface area contributed by atoms with E-state index in [-0.39, 0.29) is 10.8 Å². The third-order valence-electron chi connectivity index (χ3n) is 9.95. The molecule has 0 bridgehead atoms. The van der Waals surface area contributed by atoms with Crippen LogP contribution >= 0.6 is 0 Å². The Morgan fingerprint density at radius 1 is 0.535 bits per heavy atom. The highest BCUT2D eigenvalue weighted by atomic mass is 15.1. The van der Waals surface area contributed by atoms with Crippen molar-refractivity contribution >= 4 is 21.8 Å². The Kier molecular flexibility index (Phi) is 4.74. The number of hydrogen-bond acceptors (Lipinski definition) is 2. The molecule has 3 nitrogen and oxygen atoms in total. The molecule has 0 radical (unpaired) electrons. The summed E-state index contributed by atoms with van der Waals surface area (Å²) < 4.78 is 2.41. The Morgan fingerprint density at radius 3 is 1.98 bits per heavy atom. The lowest BCUT2D eigenvalue weighted by molar-refractivity contribution is 0.635. The molecule has 0 N–H and O–H groups in total. The van der Waals surface area contributed by atoms with Crippen LogP contribution in [0.1, 0.15) is 50.1 Å². The fourth-order valence-corrected chi connectivity index (χ4v) is 7.96. The van der Waals surface area contributed by atoms with Crippen molar-refractivity contribution in [3.8, 4) is 39.5 Å². The van der Waals surface area contributed by atoms with Gasteiger partial charge < -0.3 is 0 Å². The van der Waals surface area contributed by atoms with Gasteiger partial charge in [-0.25, -0.2) is 9.97 Å². The van der Waals surface area contributed by atoms with Gasteiger partial charge >= 0.3 is 0 Å². The Labute approximate surface area is 251 Å². The molecule has 43 heavy (non-hydrogen) atoms. The van der Waals surface area contributed by atoms with E-state index in [4.69, 9.17) is 9.97 Å². The summed E-state index contributed by atoms with van der Waals surface area (Å²) in [6.07, 6.45) is 0. The predicted octanol–water partition coefficient (Wildman–Crippen LogP) is 9.85. The third-order valence-corrected chi connectivity index (χ3v) is 9.95. The summed E-state index contributed by atoms with van der Waals surface area (Å²) in [7, 11) is 0. The molecule has 3 heteroatoms. The summed E-state index contributed by atoms with van der Waals surface area (Å²) in [6, 6.07) is 41.6. The average molecular weight is 554 g/mol. The van der Waals surface area contributed by atoms with Gasteiger partial charge in [-0.3, -0.25) is 4.57 Å². The standard InChI is InChI=1S/C40H31N3/c1-39(2)29-19-11-8-16-25(29)26-22-23-32-33(35(26)39)28-18-10-13-21-31(28)43(32)38-34-27-17-9-12-20-30(27)40(3,4)36(34)41-37(42-38)24-14-6-5-7-15-24/h5-23H,1-4H3. The molecule has 0 aliphatic heterocycles. The van der Waals surface area contributed by atoms with Crippen molar-refractivity contribution in [3.05, 3.63) is 138 Å². The van der Waals surface area contributed by atoms with Crippen LogP contribution < -0.4 is 0 Å². The monoisotopic (exact) mass is 553 g/mol. The smallest absolute Gasteiger partial charge is 0.161 e. The topological polar surface area (TPSA) is 30.7 Å². The highest BCUT2D eigenvalue weighted by Crippen LogP contribution is 2.55. The fourth-order valence-electron chi connectivity index (χ4n) is 7.96. The summed E-state index contributed by atoms with van der Waals surface area (Å²) in [4.78, 5) is 10.7. The van der Waals surface area contributed by atoms with E-state index in [1.54, 1.807) is 0 Å². The largest absolute Gasteiger partial charge is 0.293 e. The van der Waals surface area contributed by atoms with Crippen LogP contribution in [0, 0.1) is 0 Å². The molecule has 0 unspecified atom stereocenters. The fraction of sp³-hybridized carbons (Fsp3) is 0.150. The number of rotatable bonds is 2. The van der Waals surface area contributed by atoms with Crippen LogP contribution in [0.4, 0.5) is 0 Å². The highest BCUT2D eigenvalue weighted by molar-refractivity contribution is 6.14. The molecule has 7 aromatic rings. The normalized spacial score (nSPS) is 15.3. The summed E-state index contributed by atoms with van der Waals surface area (Å²) >= 11 is 0. The SMILES string of the molecule is CC1(C)c2ccccc2-c2c(-n3c4ccccc4c4c5c(ccc43)-c3ccccc3C5(C)C)nc(-c3ccccc3)nc21. The molecule has 2 aromatic heterocycles. The van der Waals surface area contributed by atoms with Gasteiger partial charge in [-0.2, -0.15) is 0 Å². The molecule has 0 saturated carbocycles. The molecule has 0 saturated heterocycles. The van der Waals surface area contributed by atoms with Crippen LogP contribution in [0.2, 0.25) is 0 Å². The van der Waals surface area contributed by atoms with Gasteiger partial charge in [0.05, 0.1) is 16.7 Å². The van der Waals surface area contributed by atoms with Crippen LogP contribution in [0.3, 0.4) is 0 Å². The zero-order valence-corrected chi connectivity index (χ0v) is 24.8. The Morgan fingerprint density at radius 2 is 1.19 bits per heavy atom. The summed E-state index contributed by atoms with van der Waals surface area (Å²) in [5.41, 5.74) is 13.2. The molecule has 2 aliphatic rings. The lowest BCUT2D eigenvalue weighted by Gasteiger charge is -2.23. The molecule has 0 atom stereocenters. The van der Waals surface area contributed by atoms with Crippen LogP contribution in [0.5, 0.6) is 0 Å². The Hall–Kier alpha value is -5.02. The van der Waals surface area contributed by atoms with Crippen molar-refractivity contribution < 1.29 is 0 Å². The number of hydrogen-bond donors (Lipinski definition) is 0. The molecule has 0 fully saturated rings. The average Bonchev–Trinajstić information content (AvgIpc) is 3.58. The van der Waals surface area contributed by atoms with E-state index in [0.717, 1.165) is 28.5 Å². The van der Waals surface area contributed by atoms with Crippen LogP contribution in [0.15, 0.2) is 115 Å². The van der Waals surface area contributed by atoms with Gasteiger partial charge in [0.25, 0.3) is 0 Å². The van der Waals surface area contributed by atoms with E-state index >= 15 is 0 Å². The molecule has 0 amide bonds. The molecule has 9 rings (SSSR count). The first-order valence-electron chi connectivity index (χ1n) is 15.1. The first kappa shape index (κ1) is 24.6. The minimum atomic E-state index is -0.253. The van der Waals surface area contributed by atoms with Crippen LogP contribution in [-0.4, -0.2) is 14.5 Å². The zero-order chi connectivity index (χ0) is 29.1. The minimum absolute atomic E-state index is 0.127. The van der Waals surface area contributed by atoms with Gasteiger partial charge in [-0.1, -0.05) is 131 Å². The lowest BCUT2D eigenvalue weighted by atomic mass is 9.80. The van der Waals surface area contributed by atoms with E-state index in [0.29, 0.717) is 0 Å². The second-order valence-electron chi connectivity index (χ2n) is 13.0. The lowest BCUT2D eigenvalue weighted by Crippen LogP contribution is -2.18. The summed E-state index contributed by atoms with van der Waals surface area (Å²) in [5, 5.41) is 2.57. The van der Waals surface area contributed by atoms with Crippen molar-refractivity contribution in [2.24, 2.45) is 0 Å². The summed E-state index contributed by atoms with van der Waals surface area (Å²) in [5.74, 6) is 1.71. The number of para-hydroxylation sites is 1. The van der Waals surface area contributed by atoms with Crippen molar-refractivity contribution in [1.82, 2.24) is 14.5 Å². The van der Waals surface area contributed by atoms with E-state index in [9.17, 15) is 0 Å². The van der Waals surface area contributed by atoms with Crippen LogP contribution in [0.25, 0.3) is 61.3 Å². The highest BCUT2D eigenvalue weighted by Gasteiger charge is 2.41. The molecule has 2 heterocycles. The number of aromatic nitrogens is 3. The van der Waals surface area contributed by atoms with Crippen molar-refractivity contribution in [3.63, 3.8) is 0 Å². The first-order valence-corrected chi connectivity index (χ1v) is 15.1. The number of benzene rings is 5. The van der Waals surface area contributed by atoms with Gasteiger partial charge in [-0.15, -0.1) is 0 Å². The third kappa shape index (κ3) is 3.09. The quantitative estimate of drug-likeness (QED) is 0.213. The number of fused-ring (bicyclic) bond motifs is 10. The molecule has 0 spiro atoms. The molecule has 206 valence electrons. The van der Waals surface area contributed by atoms with Gasteiger partial charge in [-0.05, 0) is 45.5 Å². The van der Waals surface area contributed by atoms with Gasteiger partial charge in [0, 0.05) is 32.7 Å². The second kappa shape index (κ2) is 8.29. The molecular weight excluding hydrogens is 522 g/mol. The van der Waals surface area contributed by atoms with Gasteiger partial charge in [0.1, 0.15) is 5.82 Å². The van der Waals surface area contributed by atoms with Crippen molar-refractivity contribution in [2.75, 3.05) is 0 Å². The van der Waals surface area contributed by atoms with Crippen molar-refractivity contribution in [1.29, 1.82) is 0 Å². The Balaban J connectivity index is 1.46. The first-order chi connectivity index (χ1) is 20.9. The number of nitrogens with zero attached hydrogens (tertiary/aromatic N) is 3. The second-order valence-corrected chi connectivity index (χ2v) is 13.0. The van der Waals surface area contributed by atoms with Gasteiger partial charge in [0.15, 0.2) is 5.82 Å². The van der Waals surface area contributed by atoms with Gasteiger partial charge in [0.2, 0.25) is 0 Å². The zero-order valence-electron chi connectivity index (χ0n) is 24.8. The minimum Gasteiger partial charge on any atom is -0.293 e. The van der Waals surface area contributed by atoms with E-state index in [2.05, 4.69) is 141 Å². The summed E-state index contributed by atoms with van der Waals surface area (Å²) in [6.45, 7) is 9.33. The van der Waals surface area contributed by atoms with E-state index in [1.807, 2.05) is 6.07 Å². The van der Waals surface area contributed by atoms with Crippen LogP contribution in [-0.2, 0) is 10.8 Å². The molecule has 2 aliphatic carbocycles. The van der Waals surface area contributed by atoms with Crippen molar-refractivity contribution in [2.45, 2.75) is 38.5 Å². The Bertz CT molecular complexity index is 2290. The molecular formula is C40H31N3. The van der Waals surface area contributed by atoms with E-state index < -0.39 is 0 Å². The maximum atomic E-state index is 5.44.